The number of nitrogens with two attached hydrogens (primary N) is 1. The van der Waals surface area contributed by atoms with Gasteiger partial charge in [0.15, 0.2) is 5.96 Å². The lowest BCUT2D eigenvalue weighted by molar-refractivity contribution is 0.325. The number of nitrogens with zero attached hydrogens (tertiary/aromatic N) is 1. The van der Waals surface area contributed by atoms with E-state index in [9.17, 15) is 0 Å². The van der Waals surface area contributed by atoms with E-state index >= 15 is 0 Å². The maximum absolute atomic E-state index is 5.84. The van der Waals surface area contributed by atoms with Gasteiger partial charge in [-0.05, 0) is 24.3 Å². The third kappa shape index (κ3) is 5.43. The molecule has 2 rings (SSSR count). The van der Waals surface area contributed by atoms with Gasteiger partial charge in [-0.25, -0.2) is 4.99 Å². The van der Waals surface area contributed by atoms with Gasteiger partial charge >= 0.3 is 0 Å². The van der Waals surface area contributed by atoms with Crippen LogP contribution in [0.3, 0.4) is 0 Å². The van der Waals surface area contributed by atoms with Crippen LogP contribution in [0, 0.1) is 0 Å². The molecule has 3 N–H and O–H groups in total. The standard InChI is InChI=1S/C17H21N3O3/c1-21-14-6-3-5-13(11-14)20-17(18)19-9-10-23-16-8-4-7-15(12-16)22-2/h3-8,11-12H,9-10H2,1-2H3,(H3,18,19,20). The highest BCUT2D eigenvalue weighted by Gasteiger charge is 1.98. The van der Waals surface area contributed by atoms with Crippen LogP contribution in [0.15, 0.2) is 53.5 Å². The number of ether oxygens (including phenoxy) is 3. The number of guanidine groups is 1. The summed E-state index contributed by atoms with van der Waals surface area (Å²) in [5, 5.41) is 3.01. The van der Waals surface area contributed by atoms with Crippen molar-refractivity contribution in [3.8, 4) is 17.2 Å². The van der Waals surface area contributed by atoms with Crippen LogP contribution in [0.1, 0.15) is 0 Å². The predicted molar refractivity (Wildman–Crippen MR) is 91.6 cm³/mol. The van der Waals surface area contributed by atoms with E-state index in [2.05, 4.69) is 10.3 Å². The minimum Gasteiger partial charge on any atom is -0.497 e. The Morgan fingerprint density at radius 1 is 1.00 bits per heavy atom. The molecular formula is C17H21N3O3. The highest BCUT2D eigenvalue weighted by atomic mass is 16.5. The van der Waals surface area contributed by atoms with Gasteiger partial charge < -0.3 is 25.3 Å². The molecule has 0 spiro atoms. The monoisotopic (exact) mass is 315 g/mol. The van der Waals surface area contributed by atoms with Gasteiger partial charge in [0.25, 0.3) is 0 Å². The van der Waals surface area contributed by atoms with Crippen molar-refractivity contribution in [1.29, 1.82) is 0 Å². The molecule has 0 aliphatic heterocycles. The summed E-state index contributed by atoms with van der Waals surface area (Å²) in [4.78, 5) is 4.22. The molecule has 6 nitrogen and oxygen atoms in total. The molecule has 0 fully saturated rings. The van der Waals surface area contributed by atoms with E-state index in [-0.39, 0.29) is 0 Å². The minimum atomic E-state index is 0.326. The highest BCUT2D eigenvalue weighted by molar-refractivity contribution is 5.92. The van der Waals surface area contributed by atoms with Crippen LogP contribution in [-0.2, 0) is 0 Å². The van der Waals surface area contributed by atoms with Crippen molar-refractivity contribution in [2.45, 2.75) is 0 Å². The summed E-state index contributed by atoms with van der Waals surface area (Å²) in [6.45, 7) is 0.869. The molecule has 0 amide bonds. The number of rotatable bonds is 7. The van der Waals surface area contributed by atoms with Gasteiger partial charge in [-0.2, -0.15) is 0 Å². The van der Waals surface area contributed by atoms with E-state index in [0.717, 1.165) is 22.9 Å². The number of hydrogen-bond donors (Lipinski definition) is 2. The topological polar surface area (TPSA) is 78.1 Å². The molecule has 2 aromatic carbocycles. The Morgan fingerprint density at radius 3 is 2.39 bits per heavy atom. The molecule has 2 aromatic rings. The Morgan fingerprint density at radius 2 is 1.65 bits per heavy atom. The van der Waals surface area contributed by atoms with Gasteiger partial charge in [0.2, 0.25) is 0 Å². The van der Waals surface area contributed by atoms with Gasteiger partial charge in [0.05, 0.1) is 20.8 Å². The van der Waals surface area contributed by atoms with E-state index in [0.29, 0.717) is 19.1 Å². The van der Waals surface area contributed by atoms with Crippen LogP contribution in [-0.4, -0.2) is 33.3 Å². The quantitative estimate of drug-likeness (QED) is 0.466. The lowest BCUT2D eigenvalue weighted by Gasteiger charge is -2.08. The summed E-state index contributed by atoms with van der Waals surface area (Å²) in [5.74, 6) is 2.57. The first kappa shape index (κ1) is 16.5. The number of nitrogens with one attached hydrogen (secondary N) is 1. The summed E-state index contributed by atoms with van der Waals surface area (Å²) in [7, 11) is 3.24. The number of anilines is 1. The third-order valence-electron chi connectivity index (χ3n) is 3.03. The second-order valence-corrected chi connectivity index (χ2v) is 4.65. The molecule has 0 aromatic heterocycles. The van der Waals surface area contributed by atoms with E-state index in [1.54, 1.807) is 14.2 Å². The molecule has 0 radical (unpaired) electrons. The fraction of sp³-hybridized carbons (Fsp3) is 0.235. The molecule has 0 heterocycles. The Balaban J connectivity index is 1.80. The summed E-state index contributed by atoms with van der Waals surface area (Å²) in [5.41, 5.74) is 6.66. The molecule has 23 heavy (non-hydrogen) atoms. The molecule has 6 heteroatoms. The van der Waals surface area contributed by atoms with Crippen molar-refractivity contribution in [3.05, 3.63) is 48.5 Å². The number of aliphatic imine (C=N–C) groups is 1. The van der Waals surface area contributed by atoms with Crippen molar-refractivity contribution in [1.82, 2.24) is 0 Å². The normalized spacial score (nSPS) is 11.0. The van der Waals surface area contributed by atoms with Gasteiger partial charge in [-0.15, -0.1) is 0 Å². The number of benzene rings is 2. The number of hydrogen-bond acceptors (Lipinski definition) is 4. The maximum Gasteiger partial charge on any atom is 0.193 e. The summed E-state index contributed by atoms with van der Waals surface area (Å²) >= 11 is 0. The van der Waals surface area contributed by atoms with E-state index < -0.39 is 0 Å². The van der Waals surface area contributed by atoms with Crippen LogP contribution >= 0.6 is 0 Å². The molecule has 0 atom stereocenters. The Labute approximate surface area is 135 Å². The molecule has 0 saturated heterocycles. The van der Waals surface area contributed by atoms with Crippen LogP contribution in [0.5, 0.6) is 17.2 Å². The van der Waals surface area contributed by atoms with Crippen molar-refractivity contribution < 1.29 is 14.2 Å². The molecule has 0 saturated carbocycles. The fourth-order valence-electron chi connectivity index (χ4n) is 1.91. The highest BCUT2D eigenvalue weighted by Crippen LogP contribution is 2.18. The predicted octanol–water partition coefficient (Wildman–Crippen LogP) is 2.51. The molecule has 0 unspecified atom stereocenters. The van der Waals surface area contributed by atoms with E-state index in [1.807, 2.05) is 48.5 Å². The van der Waals surface area contributed by atoms with Crippen LogP contribution in [0.4, 0.5) is 5.69 Å². The smallest absolute Gasteiger partial charge is 0.193 e. The average Bonchev–Trinajstić information content (AvgIpc) is 2.59. The SMILES string of the molecule is COc1cccc(NC(N)=NCCOc2cccc(OC)c2)c1. The molecule has 0 aliphatic rings. The second kappa shape index (κ2) is 8.53. The van der Waals surface area contributed by atoms with Crippen molar-refractivity contribution in [3.63, 3.8) is 0 Å². The van der Waals surface area contributed by atoms with E-state index in [1.165, 1.54) is 0 Å². The number of methoxy groups -OCH3 is 2. The zero-order valence-electron chi connectivity index (χ0n) is 13.3. The van der Waals surface area contributed by atoms with Gasteiger partial charge in [0, 0.05) is 17.8 Å². The second-order valence-electron chi connectivity index (χ2n) is 4.65. The summed E-state index contributed by atoms with van der Waals surface area (Å²) < 4.78 is 15.9. The van der Waals surface area contributed by atoms with Gasteiger partial charge in [0.1, 0.15) is 23.9 Å². The lowest BCUT2D eigenvalue weighted by Crippen LogP contribution is -2.23. The molecule has 0 bridgehead atoms. The maximum atomic E-state index is 5.84. The first-order chi connectivity index (χ1) is 11.2. The first-order valence-electron chi connectivity index (χ1n) is 7.19. The minimum absolute atomic E-state index is 0.326. The van der Waals surface area contributed by atoms with Crippen LogP contribution < -0.4 is 25.3 Å². The Hall–Kier alpha value is -2.89. The Bertz CT molecular complexity index is 659. The van der Waals surface area contributed by atoms with Crippen molar-refractivity contribution in [2.75, 3.05) is 32.7 Å². The largest absolute Gasteiger partial charge is 0.497 e. The van der Waals surface area contributed by atoms with Crippen molar-refractivity contribution >= 4 is 11.6 Å². The fourth-order valence-corrected chi connectivity index (χ4v) is 1.91. The third-order valence-corrected chi connectivity index (χ3v) is 3.03. The summed E-state index contributed by atoms with van der Waals surface area (Å²) in [6, 6.07) is 14.9. The molecule has 122 valence electrons. The summed E-state index contributed by atoms with van der Waals surface area (Å²) in [6.07, 6.45) is 0. The molecular weight excluding hydrogens is 294 g/mol. The lowest BCUT2D eigenvalue weighted by atomic mass is 10.3. The zero-order chi connectivity index (χ0) is 16.5. The van der Waals surface area contributed by atoms with E-state index in [4.69, 9.17) is 19.9 Å². The van der Waals surface area contributed by atoms with Gasteiger partial charge in [-0.3, -0.25) is 0 Å². The van der Waals surface area contributed by atoms with Crippen LogP contribution in [0.2, 0.25) is 0 Å². The van der Waals surface area contributed by atoms with Gasteiger partial charge in [-0.1, -0.05) is 12.1 Å². The molecule has 0 aliphatic carbocycles. The first-order valence-corrected chi connectivity index (χ1v) is 7.19. The van der Waals surface area contributed by atoms with Crippen LogP contribution in [0.25, 0.3) is 0 Å². The Kier molecular flexibility index (Phi) is 6.11. The average molecular weight is 315 g/mol. The zero-order valence-corrected chi connectivity index (χ0v) is 13.3. The van der Waals surface area contributed by atoms with Crippen molar-refractivity contribution in [2.24, 2.45) is 10.7 Å².